The molecule has 0 atom stereocenters. The fourth-order valence-electron chi connectivity index (χ4n) is 4.84. The van der Waals surface area contributed by atoms with E-state index >= 15 is 0 Å². The predicted octanol–water partition coefficient (Wildman–Crippen LogP) is 8.13. The third-order valence-electron chi connectivity index (χ3n) is 6.97. The summed E-state index contributed by atoms with van der Waals surface area (Å²) in [6.07, 6.45) is 11.2. The molecule has 0 saturated carbocycles. The number of aryl methyl sites for hydroxylation is 1. The molecule has 5 heteroatoms. The van der Waals surface area contributed by atoms with Gasteiger partial charge >= 0.3 is 5.97 Å². The summed E-state index contributed by atoms with van der Waals surface area (Å²) in [4.78, 5) is 14.9. The largest absolute Gasteiger partial charge is 0.465 e. The minimum Gasteiger partial charge on any atom is -0.465 e. The number of carbonyl (C=O) groups is 1. The van der Waals surface area contributed by atoms with Gasteiger partial charge in [0.15, 0.2) is 0 Å². The molecule has 0 heterocycles. The highest BCUT2D eigenvalue weighted by Gasteiger charge is 2.22. The summed E-state index contributed by atoms with van der Waals surface area (Å²) in [5.41, 5.74) is 9.40. The van der Waals surface area contributed by atoms with Gasteiger partial charge in [-0.1, -0.05) is 43.7 Å². The van der Waals surface area contributed by atoms with Crippen LogP contribution in [0.4, 0.5) is 11.4 Å². The number of benzene rings is 2. The van der Waals surface area contributed by atoms with Crippen LogP contribution in [0.1, 0.15) is 57.6 Å². The topological polar surface area (TPSA) is 54.3 Å². The monoisotopic (exact) mass is 495 g/mol. The summed E-state index contributed by atoms with van der Waals surface area (Å²) in [7, 11) is 1.43. The molecule has 4 rings (SSSR count). The van der Waals surface area contributed by atoms with Gasteiger partial charge in [-0.05, 0) is 97.4 Å². The predicted molar refractivity (Wildman–Crippen MR) is 152 cm³/mol. The van der Waals surface area contributed by atoms with Gasteiger partial charge in [-0.3, -0.25) is 0 Å². The Morgan fingerprint density at radius 1 is 0.919 bits per heavy atom. The minimum atomic E-state index is -0.314. The first kappa shape index (κ1) is 26.3. The highest BCUT2D eigenvalue weighted by Crippen LogP contribution is 2.39. The number of allylic oxidation sites excluding steroid dienone is 6. The summed E-state index contributed by atoms with van der Waals surface area (Å²) in [5.74, 6) is -0.314. The maximum absolute atomic E-state index is 12.6. The molecule has 0 saturated heterocycles. The van der Waals surface area contributed by atoms with Crippen molar-refractivity contribution in [3.63, 3.8) is 0 Å². The van der Waals surface area contributed by atoms with Gasteiger partial charge in [-0.25, -0.2) is 4.79 Å². The van der Waals surface area contributed by atoms with Gasteiger partial charge in [0.1, 0.15) is 0 Å². The molecule has 2 aliphatic carbocycles. The van der Waals surface area contributed by atoms with E-state index in [-0.39, 0.29) is 5.97 Å². The first-order chi connectivity index (χ1) is 18.0. The molecule has 0 N–H and O–H groups in total. The van der Waals surface area contributed by atoms with Gasteiger partial charge in [0, 0.05) is 25.2 Å². The normalized spacial score (nSPS) is 15.2. The Balaban J connectivity index is 1.41. The molecule has 5 nitrogen and oxygen atoms in total. The molecule has 0 aromatic heterocycles. The third kappa shape index (κ3) is 6.53. The number of rotatable bonds is 11. The number of unbranched alkanes of at least 4 members (excludes halogenated alkanes) is 1. The highest BCUT2D eigenvalue weighted by molar-refractivity contribution is 6.17. The SMILES string of the molecule is CCCCc1ccc(/C(=C/C2=CC3=C(C=C(N=Nc4ccc(N(CC)CC)cc4)C3)C2)C(=O)OC)cc1. The molecule has 0 aliphatic heterocycles. The van der Waals surface area contributed by atoms with E-state index in [1.807, 2.05) is 30.3 Å². The zero-order valence-electron chi connectivity index (χ0n) is 22.5. The number of ether oxygens (including phenoxy) is 1. The van der Waals surface area contributed by atoms with Gasteiger partial charge in [0.05, 0.1) is 24.1 Å². The Labute approximate surface area is 220 Å². The van der Waals surface area contributed by atoms with Crippen LogP contribution in [0.15, 0.2) is 99.4 Å². The van der Waals surface area contributed by atoms with Crippen LogP contribution in [0.25, 0.3) is 5.57 Å². The standard InChI is InChI=1S/C32H37N3O2/c1-5-8-9-23-10-12-25(13-11-23)31(32(36)37-4)20-24-18-26-21-29(22-27(26)19-24)34-33-28-14-16-30(17-15-28)35(6-2)7-3/h10-18,20,22H,5-9,19,21H2,1-4H3/b31-20-,34-33?. The van der Waals surface area contributed by atoms with Crippen molar-refractivity contribution in [3.05, 3.63) is 100 Å². The van der Waals surface area contributed by atoms with Crippen molar-refractivity contribution >= 4 is 22.9 Å². The molecule has 0 radical (unpaired) electrons. The third-order valence-corrected chi connectivity index (χ3v) is 6.97. The molecule has 0 unspecified atom stereocenters. The van der Waals surface area contributed by atoms with E-state index in [1.165, 1.54) is 42.3 Å². The van der Waals surface area contributed by atoms with Gasteiger partial charge in [0.25, 0.3) is 0 Å². The lowest BCUT2D eigenvalue weighted by Gasteiger charge is -2.20. The Kier molecular flexibility index (Phi) is 8.89. The quantitative estimate of drug-likeness (QED) is 0.180. The molecule has 2 aromatic rings. The van der Waals surface area contributed by atoms with Crippen LogP contribution >= 0.6 is 0 Å². The number of hydrogen-bond acceptors (Lipinski definition) is 5. The second-order valence-corrected chi connectivity index (χ2v) is 9.50. The fourth-order valence-corrected chi connectivity index (χ4v) is 4.84. The van der Waals surface area contributed by atoms with E-state index in [0.29, 0.717) is 5.57 Å². The molecule has 0 fully saturated rings. The van der Waals surface area contributed by atoms with Crippen molar-refractivity contribution in [2.24, 2.45) is 10.2 Å². The summed E-state index contributed by atoms with van der Waals surface area (Å²) in [6.45, 7) is 8.48. The number of hydrogen-bond donors (Lipinski definition) is 0. The molecule has 0 spiro atoms. The van der Waals surface area contributed by atoms with E-state index < -0.39 is 0 Å². The maximum Gasteiger partial charge on any atom is 0.338 e. The fraction of sp³-hybridized carbons (Fsp3) is 0.344. The van der Waals surface area contributed by atoms with Gasteiger partial charge in [-0.15, -0.1) is 0 Å². The zero-order valence-corrected chi connectivity index (χ0v) is 22.5. The van der Waals surface area contributed by atoms with Crippen molar-refractivity contribution in [2.45, 2.75) is 52.9 Å². The van der Waals surface area contributed by atoms with Gasteiger partial charge in [0.2, 0.25) is 0 Å². The molecule has 0 amide bonds. The molecule has 37 heavy (non-hydrogen) atoms. The van der Waals surface area contributed by atoms with E-state index in [9.17, 15) is 4.79 Å². The lowest BCUT2D eigenvalue weighted by atomic mass is 9.99. The number of methoxy groups -OCH3 is 1. The minimum absolute atomic E-state index is 0.314. The van der Waals surface area contributed by atoms with Crippen LogP contribution in [-0.2, 0) is 16.0 Å². The first-order valence-electron chi connectivity index (χ1n) is 13.3. The van der Waals surface area contributed by atoms with Crippen LogP contribution in [0, 0.1) is 0 Å². The summed E-state index contributed by atoms with van der Waals surface area (Å²) in [5, 5.41) is 8.96. The molecule has 192 valence electrons. The van der Waals surface area contributed by atoms with Crippen LogP contribution in [0.5, 0.6) is 0 Å². The Morgan fingerprint density at radius 3 is 2.24 bits per heavy atom. The molecule has 0 bridgehead atoms. The van der Waals surface area contributed by atoms with Crippen LogP contribution in [0.3, 0.4) is 0 Å². The number of anilines is 1. The van der Waals surface area contributed by atoms with E-state index in [2.05, 4.69) is 72.3 Å². The van der Waals surface area contributed by atoms with Crippen molar-refractivity contribution in [1.82, 2.24) is 0 Å². The van der Waals surface area contributed by atoms with Crippen molar-refractivity contribution in [1.29, 1.82) is 0 Å². The van der Waals surface area contributed by atoms with Gasteiger partial charge < -0.3 is 9.64 Å². The van der Waals surface area contributed by atoms with Crippen LogP contribution in [0.2, 0.25) is 0 Å². The number of azo groups is 1. The summed E-state index contributed by atoms with van der Waals surface area (Å²) >= 11 is 0. The average molecular weight is 496 g/mol. The van der Waals surface area contributed by atoms with E-state index in [4.69, 9.17) is 4.74 Å². The highest BCUT2D eigenvalue weighted by atomic mass is 16.5. The maximum atomic E-state index is 12.6. The molecule has 2 aliphatic rings. The molecular formula is C32H37N3O2. The zero-order chi connectivity index (χ0) is 26.2. The van der Waals surface area contributed by atoms with E-state index in [1.54, 1.807) is 0 Å². The average Bonchev–Trinajstić information content (AvgIpc) is 3.49. The Morgan fingerprint density at radius 2 is 1.62 bits per heavy atom. The summed E-state index contributed by atoms with van der Waals surface area (Å²) < 4.78 is 5.10. The molecular weight excluding hydrogens is 458 g/mol. The van der Waals surface area contributed by atoms with Gasteiger partial charge in [-0.2, -0.15) is 10.2 Å². The Bertz CT molecular complexity index is 1260. The van der Waals surface area contributed by atoms with Crippen molar-refractivity contribution < 1.29 is 9.53 Å². The number of nitrogens with zero attached hydrogens (tertiary/aromatic N) is 3. The van der Waals surface area contributed by atoms with Crippen molar-refractivity contribution in [3.8, 4) is 0 Å². The second-order valence-electron chi connectivity index (χ2n) is 9.50. The Hall–Kier alpha value is -3.73. The molecule has 2 aromatic carbocycles. The van der Waals surface area contributed by atoms with Crippen LogP contribution < -0.4 is 4.90 Å². The van der Waals surface area contributed by atoms with Crippen molar-refractivity contribution in [2.75, 3.05) is 25.1 Å². The van der Waals surface area contributed by atoms with E-state index in [0.717, 1.165) is 54.9 Å². The summed E-state index contributed by atoms with van der Waals surface area (Å²) in [6, 6.07) is 16.5. The number of carbonyl (C=O) groups excluding carboxylic acids is 1. The second kappa shape index (κ2) is 12.5. The lowest BCUT2D eigenvalue weighted by molar-refractivity contribution is -0.133. The van der Waals surface area contributed by atoms with Crippen LogP contribution in [-0.4, -0.2) is 26.2 Å². The number of esters is 1. The lowest BCUT2D eigenvalue weighted by Crippen LogP contribution is -2.21. The smallest absolute Gasteiger partial charge is 0.338 e. The first-order valence-corrected chi connectivity index (χ1v) is 13.3.